The minimum absolute atomic E-state index is 0.689. The summed E-state index contributed by atoms with van der Waals surface area (Å²) in [5, 5.41) is 12.5. The Hall–Kier alpha value is -3.60. The molecule has 0 spiro atoms. The van der Waals surface area contributed by atoms with Gasteiger partial charge in [0.15, 0.2) is 0 Å². The first-order valence-electron chi connectivity index (χ1n) is 10.7. The van der Waals surface area contributed by atoms with E-state index < -0.39 is 0 Å². The highest BCUT2D eigenvalue weighted by Crippen LogP contribution is 2.25. The molecular weight excluding hydrogens is 382 g/mol. The van der Waals surface area contributed by atoms with Crippen LogP contribution in [0.5, 0.6) is 0 Å². The van der Waals surface area contributed by atoms with Gasteiger partial charge in [-0.3, -0.25) is 0 Å². The van der Waals surface area contributed by atoms with Gasteiger partial charge in [0.25, 0.3) is 0 Å². The number of hydrogen-bond donors (Lipinski definition) is 4. The number of para-hydroxylation sites is 1. The summed E-state index contributed by atoms with van der Waals surface area (Å²) in [6.07, 6.45) is 10.8. The molecule has 31 heavy (non-hydrogen) atoms. The third-order valence-electron chi connectivity index (χ3n) is 4.42. The van der Waals surface area contributed by atoms with Crippen LogP contribution in [0.3, 0.4) is 0 Å². The molecule has 0 unspecified atom stereocenters. The lowest BCUT2D eigenvalue weighted by molar-refractivity contribution is 0.992. The Morgan fingerprint density at radius 3 is 2.55 bits per heavy atom. The van der Waals surface area contributed by atoms with Crippen LogP contribution in [0.1, 0.15) is 33.3 Å². The van der Waals surface area contributed by atoms with Gasteiger partial charge in [-0.05, 0) is 35.8 Å². The van der Waals surface area contributed by atoms with Crippen molar-refractivity contribution in [1.29, 1.82) is 5.41 Å². The fourth-order valence-corrected chi connectivity index (χ4v) is 3.07. The molecule has 0 radical (unpaired) electrons. The van der Waals surface area contributed by atoms with Crippen LogP contribution in [-0.4, -0.2) is 23.2 Å². The molecule has 2 heterocycles. The number of likely N-dealkylation sites (N-methyl/N-ethyl adjacent to an activating group) is 1. The number of H-pyrrole nitrogens is 1. The van der Waals surface area contributed by atoms with E-state index in [0.29, 0.717) is 6.42 Å². The summed E-state index contributed by atoms with van der Waals surface area (Å²) in [6.45, 7) is 12.1. The fraction of sp³-hybridized carbons (Fsp3) is 0.231. The van der Waals surface area contributed by atoms with Gasteiger partial charge >= 0.3 is 0 Å². The van der Waals surface area contributed by atoms with Crippen molar-refractivity contribution in [1.82, 2.24) is 15.3 Å². The second-order valence-corrected chi connectivity index (χ2v) is 6.11. The zero-order valence-corrected chi connectivity index (χ0v) is 19.3. The highest BCUT2D eigenvalue weighted by atomic mass is 14.9. The molecule has 0 saturated heterocycles. The van der Waals surface area contributed by atoms with Gasteiger partial charge in [-0.1, -0.05) is 64.6 Å². The van der Waals surface area contributed by atoms with E-state index in [-0.39, 0.29) is 0 Å². The van der Waals surface area contributed by atoms with Gasteiger partial charge in [0.1, 0.15) is 5.65 Å². The number of rotatable bonds is 7. The Kier molecular flexibility index (Phi) is 11.2. The first-order valence-corrected chi connectivity index (χ1v) is 10.7. The van der Waals surface area contributed by atoms with Crippen molar-refractivity contribution in [2.75, 3.05) is 7.05 Å². The minimum atomic E-state index is 0.689. The number of nitrogens with two attached hydrogens (primary N) is 1. The van der Waals surface area contributed by atoms with E-state index in [1.54, 1.807) is 12.2 Å². The molecule has 2 aromatic heterocycles. The van der Waals surface area contributed by atoms with Crippen molar-refractivity contribution in [2.24, 2.45) is 5.73 Å². The average Bonchev–Trinajstić information content (AvgIpc) is 3.20. The Bertz CT molecular complexity index is 1080. The average molecular weight is 418 g/mol. The van der Waals surface area contributed by atoms with E-state index >= 15 is 0 Å². The molecule has 5 N–H and O–H groups in total. The number of nitrogens with one attached hydrogen (secondary N) is 3. The Balaban J connectivity index is 0.00000113. The Morgan fingerprint density at radius 1 is 1.19 bits per heavy atom. The van der Waals surface area contributed by atoms with Crippen LogP contribution in [0.2, 0.25) is 0 Å². The molecule has 0 saturated carbocycles. The number of allylic oxidation sites excluding steroid dienone is 4. The topological polar surface area (TPSA) is 90.6 Å². The molecule has 0 bridgehead atoms. The number of fused-ring (bicyclic) bond motifs is 3. The van der Waals surface area contributed by atoms with E-state index in [0.717, 1.165) is 39.0 Å². The number of aromatic nitrogens is 2. The zero-order chi connectivity index (χ0) is 23.2. The quantitative estimate of drug-likeness (QED) is 0.280. The molecule has 0 amide bonds. The van der Waals surface area contributed by atoms with Crippen LogP contribution in [0.15, 0.2) is 84.4 Å². The van der Waals surface area contributed by atoms with Gasteiger partial charge in [-0.25, -0.2) is 4.98 Å². The molecule has 5 nitrogen and oxygen atoms in total. The number of nitrogens with zero attached hydrogens (tertiary/aromatic N) is 1. The molecule has 5 heteroatoms. The summed E-state index contributed by atoms with van der Waals surface area (Å²) in [6, 6.07) is 10.4. The van der Waals surface area contributed by atoms with E-state index in [2.05, 4.69) is 46.1 Å². The first-order chi connectivity index (χ1) is 15.2. The normalized spacial score (nSPS) is 11.5. The molecule has 1 aromatic carbocycles. The Labute approximate surface area is 186 Å². The molecule has 3 rings (SSSR count). The lowest BCUT2D eigenvalue weighted by atomic mass is 10.0. The van der Waals surface area contributed by atoms with Gasteiger partial charge in [0.2, 0.25) is 0 Å². The maximum Gasteiger partial charge on any atom is 0.138 e. The van der Waals surface area contributed by atoms with Crippen molar-refractivity contribution in [3.8, 4) is 0 Å². The van der Waals surface area contributed by atoms with Gasteiger partial charge < -0.3 is 21.4 Å². The number of pyridine rings is 1. The molecule has 0 aliphatic heterocycles. The lowest BCUT2D eigenvalue weighted by Gasteiger charge is -2.12. The standard InChI is InChI=1S/C22H23N5.2C2H6/c1-15(6-5-11-23)17(21(13-24)25-2)10-9-16-12-19-18-7-3-4-8-20(18)27-22(19)26-14-16;2*1-2/h3-8,10-14,23,25H,1,9,24H2,2H3,(H,26,27);2*1-2H3/b6-5-,17-10-,21-13+,23-11?;;. The maximum absolute atomic E-state index is 7.16. The summed E-state index contributed by atoms with van der Waals surface area (Å²) >= 11 is 0. The fourth-order valence-electron chi connectivity index (χ4n) is 3.07. The van der Waals surface area contributed by atoms with Gasteiger partial charge in [0.05, 0.1) is 5.70 Å². The van der Waals surface area contributed by atoms with Gasteiger partial charge in [-0.2, -0.15) is 0 Å². The second-order valence-electron chi connectivity index (χ2n) is 6.11. The number of hydrogen-bond acceptors (Lipinski definition) is 4. The van der Waals surface area contributed by atoms with Crippen molar-refractivity contribution in [2.45, 2.75) is 34.1 Å². The minimum Gasteiger partial charge on any atom is -0.403 e. The molecule has 0 aliphatic rings. The van der Waals surface area contributed by atoms with Crippen LogP contribution in [0.25, 0.3) is 21.9 Å². The lowest BCUT2D eigenvalue weighted by Crippen LogP contribution is -2.11. The molecular formula is C26H35N5. The van der Waals surface area contributed by atoms with E-state index in [4.69, 9.17) is 11.1 Å². The zero-order valence-electron chi connectivity index (χ0n) is 19.3. The van der Waals surface area contributed by atoms with Crippen LogP contribution < -0.4 is 11.1 Å². The smallest absolute Gasteiger partial charge is 0.138 e. The van der Waals surface area contributed by atoms with Crippen LogP contribution in [0, 0.1) is 5.41 Å². The van der Waals surface area contributed by atoms with Crippen molar-refractivity contribution >= 4 is 28.2 Å². The molecule has 0 fully saturated rings. The predicted octanol–water partition coefficient (Wildman–Crippen LogP) is 6.02. The highest BCUT2D eigenvalue weighted by Gasteiger charge is 2.08. The maximum atomic E-state index is 7.16. The van der Waals surface area contributed by atoms with Crippen molar-refractivity contribution in [3.63, 3.8) is 0 Å². The van der Waals surface area contributed by atoms with Crippen LogP contribution in [-0.2, 0) is 6.42 Å². The summed E-state index contributed by atoms with van der Waals surface area (Å²) in [4.78, 5) is 7.91. The molecule has 0 atom stereocenters. The molecule has 3 aromatic rings. The summed E-state index contributed by atoms with van der Waals surface area (Å²) in [7, 11) is 1.82. The second kappa shape index (κ2) is 13.6. The summed E-state index contributed by atoms with van der Waals surface area (Å²) in [5.74, 6) is 0. The SMILES string of the molecule is C=C(/C=C\C=N)C(=C/Cc1cnc2[nH]c3ccccc3c2c1)/C(=C\N)NC.CC.CC. The first kappa shape index (κ1) is 25.4. The van der Waals surface area contributed by atoms with Crippen LogP contribution >= 0.6 is 0 Å². The molecule has 0 aliphatic carbocycles. The van der Waals surface area contributed by atoms with Gasteiger partial charge in [-0.15, -0.1) is 0 Å². The van der Waals surface area contributed by atoms with Crippen molar-refractivity contribution in [3.05, 3.63) is 89.9 Å². The summed E-state index contributed by atoms with van der Waals surface area (Å²) < 4.78 is 0. The number of benzene rings is 1. The highest BCUT2D eigenvalue weighted by molar-refractivity contribution is 6.05. The van der Waals surface area contributed by atoms with E-state index in [9.17, 15) is 0 Å². The monoisotopic (exact) mass is 417 g/mol. The van der Waals surface area contributed by atoms with Crippen LogP contribution in [0.4, 0.5) is 0 Å². The molecule has 164 valence electrons. The van der Waals surface area contributed by atoms with E-state index in [1.165, 1.54) is 17.8 Å². The Morgan fingerprint density at radius 2 is 1.90 bits per heavy atom. The van der Waals surface area contributed by atoms with Gasteiger partial charge in [0, 0.05) is 47.5 Å². The number of aromatic amines is 1. The predicted molar refractivity (Wildman–Crippen MR) is 136 cm³/mol. The van der Waals surface area contributed by atoms with Crippen molar-refractivity contribution < 1.29 is 0 Å². The summed E-state index contributed by atoms with van der Waals surface area (Å²) in [5.41, 5.74) is 11.3. The third kappa shape index (κ3) is 6.44. The van der Waals surface area contributed by atoms with E-state index in [1.807, 2.05) is 53.1 Å². The third-order valence-corrected chi connectivity index (χ3v) is 4.42. The largest absolute Gasteiger partial charge is 0.403 e.